The molecule has 4 fully saturated rings. The maximum absolute atomic E-state index is 14.0. The van der Waals surface area contributed by atoms with Crippen molar-refractivity contribution >= 4 is 47.1 Å². The molecule has 0 saturated carbocycles. The van der Waals surface area contributed by atoms with E-state index in [1.807, 2.05) is 0 Å². The average Bonchev–Trinajstić information content (AvgIpc) is 1.20. The summed E-state index contributed by atoms with van der Waals surface area (Å²) in [4.78, 5) is 108. The molecule has 32 heteroatoms. The van der Waals surface area contributed by atoms with E-state index >= 15 is 0 Å². The molecule has 0 spiro atoms. The molecule has 0 aromatic heterocycles. The molecule has 4 aliphatic heterocycles. The summed E-state index contributed by atoms with van der Waals surface area (Å²) < 4.78 is 38.8. The van der Waals surface area contributed by atoms with E-state index in [1.165, 1.54) is 12.0 Å². The number of ether oxygens (including phenoxy) is 7. The van der Waals surface area contributed by atoms with E-state index in [0.717, 1.165) is 5.92 Å². The second-order valence-electron chi connectivity index (χ2n) is 26.5. The monoisotopic (exact) mass is 1410 g/mol. The topological polar surface area (TPSA) is 479 Å². The minimum atomic E-state index is -1.32. The van der Waals surface area contributed by atoms with Gasteiger partial charge in [0, 0.05) is 108 Å². The highest BCUT2D eigenvalue weighted by atomic mass is 16.7. The largest absolute Gasteiger partial charge is 0.394 e. The lowest BCUT2D eigenvalue weighted by molar-refractivity contribution is -0.282. The number of nitrogens with zero attached hydrogens (tertiary/aromatic N) is 1. The van der Waals surface area contributed by atoms with Gasteiger partial charge in [-0.3, -0.25) is 38.4 Å². The van der Waals surface area contributed by atoms with Crippen LogP contribution in [0.1, 0.15) is 165 Å². The summed E-state index contributed by atoms with van der Waals surface area (Å²) in [6.07, 6.45) is -13.2. The van der Waals surface area contributed by atoms with Gasteiger partial charge in [-0.2, -0.15) is 0 Å². The molecule has 7 amide bonds. The first kappa shape index (κ1) is 89.4. The van der Waals surface area contributed by atoms with Crippen LogP contribution in [0.25, 0.3) is 0 Å². The van der Waals surface area contributed by atoms with Gasteiger partial charge >= 0.3 is 0 Å². The van der Waals surface area contributed by atoms with Gasteiger partial charge in [0.05, 0.1) is 96.0 Å². The third-order valence-corrected chi connectivity index (χ3v) is 17.4. The molecule has 4 rings (SSSR count). The lowest BCUT2D eigenvalue weighted by Gasteiger charge is -2.40. The molecule has 0 aliphatic carbocycles. The molecule has 0 aromatic rings. The second-order valence-corrected chi connectivity index (χ2v) is 26.5. The zero-order valence-electron chi connectivity index (χ0n) is 57.9. The molecule has 0 aromatic carbocycles. The van der Waals surface area contributed by atoms with Gasteiger partial charge < -0.3 is 121 Å². The molecule has 570 valence electrons. The van der Waals surface area contributed by atoms with Crippen LogP contribution in [0.5, 0.6) is 0 Å². The van der Waals surface area contributed by atoms with Crippen LogP contribution in [0.4, 0.5) is 0 Å². The van der Waals surface area contributed by atoms with Gasteiger partial charge in [-0.05, 0) is 63.7 Å². The van der Waals surface area contributed by atoms with Crippen molar-refractivity contribution in [1.29, 1.82) is 0 Å². The van der Waals surface area contributed by atoms with E-state index in [4.69, 9.17) is 33.2 Å². The predicted octanol–water partition coefficient (Wildman–Crippen LogP) is -2.20. The summed E-state index contributed by atoms with van der Waals surface area (Å²) in [6, 6.07) is -0.333. The number of Topliss-reactive ketones (excluding diaryl/α,β-unsaturated/α-hetero) is 1. The average molecular weight is 1410 g/mol. The van der Waals surface area contributed by atoms with E-state index in [9.17, 15) is 89.4 Å². The first-order chi connectivity index (χ1) is 46.1. The van der Waals surface area contributed by atoms with E-state index in [1.54, 1.807) is 20.8 Å². The molecule has 17 atom stereocenters. The third-order valence-electron chi connectivity index (χ3n) is 17.4. The highest BCUT2D eigenvalue weighted by Crippen LogP contribution is 2.31. The van der Waals surface area contributed by atoms with E-state index in [-0.39, 0.29) is 192 Å². The fourth-order valence-corrected chi connectivity index (χ4v) is 11.5. The molecule has 0 bridgehead atoms. The molecular formula is C66H121N7O25. The Hall–Kier alpha value is -4.72. The van der Waals surface area contributed by atoms with E-state index < -0.39 is 141 Å². The maximum atomic E-state index is 14.0. The number of β-amino-alcohol motifs (C(OH)–C–C–N with tert-alkyl or cyclic N) is 1. The summed E-state index contributed by atoms with van der Waals surface area (Å²) in [5.74, 6) is -4.00. The Morgan fingerprint density at radius 1 is 0.469 bits per heavy atom. The Kier molecular flexibility index (Phi) is 44.0. The van der Waals surface area contributed by atoms with Crippen molar-refractivity contribution in [1.82, 2.24) is 36.8 Å². The van der Waals surface area contributed by atoms with Crippen LogP contribution in [0.3, 0.4) is 0 Å². The molecule has 0 radical (unpaired) electrons. The highest BCUT2D eigenvalue weighted by molar-refractivity contribution is 5.82. The van der Waals surface area contributed by atoms with Crippen LogP contribution in [0.15, 0.2) is 0 Å². The van der Waals surface area contributed by atoms with E-state index in [0.29, 0.717) is 32.1 Å². The van der Waals surface area contributed by atoms with Crippen molar-refractivity contribution < 1.29 is 123 Å². The van der Waals surface area contributed by atoms with Crippen molar-refractivity contribution in [2.45, 2.75) is 256 Å². The van der Waals surface area contributed by atoms with Gasteiger partial charge in [0.15, 0.2) is 18.9 Å². The van der Waals surface area contributed by atoms with Gasteiger partial charge in [-0.15, -0.1) is 0 Å². The van der Waals surface area contributed by atoms with Gasteiger partial charge in [-0.25, -0.2) is 0 Å². The number of carbonyl (C=O) groups is 8. The maximum Gasteiger partial charge on any atom is 0.223 e. The number of hydrogen-bond acceptors (Lipinski definition) is 25. The molecular weight excluding hydrogens is 1290 g/mol. The SMILES string of the molecule is C.CC(C)C.COC[C@@H]1C[C@@H](O)CN1C(=O)CCCC(=O)NC(CCC(=O)CCCCNC(=O)CCO[C@@H]1OC(CO)[C@H](O)[C@H](O)C1C)(CCC(=O)NCCCNC(=O)CCO[C@@H]1OC(CO)[C@H](O)[C@H](O)C1C)CCC(=O)NCCCNC(=O)CCO[C@@H]1OC(CO)[C@H](O)[C@H](O)C1C. The zero-order valence-corrected chi connectivity index (χ0v) is 57.9. The van der Waals surface area contributed by atoms with Crippen molar-refractivity contribution in [3.8, 4) is 0 Å². The predicted molar refractivity (Wildman–Crippen MR) is 353 cm³/mol. The molecule has 4 saturated heterocycles. The molecule has 16 N–H and O–H groups in total. The summed E-state index contributed by atoms with van der Waals surface area (Å²) in [6.45, 7) is 10.6. The van der Waals surface area contributed by atoms with Crippen LogP contribution in [-0.2, 0) is 71.5 Å². The summed E-state index contributed by atoms with van der Waals surface area (Å²) in [5.41, 5.74) is -1.32. The van der Waals surface area contributed by atoms with Crippen molar-refractivity contribution in [2.24, 2.45) is 23.7 Å². The van der Waals surface area contributed by atoms with Gasteiger partial charge in [0.25, 0.3) is 0 Å². The van der Waals surface area contributed by atoms with Crippen molar-refractivity contribution in [2.75, 3.05) is 92.6 Å². The Morgan fingerprint density at radius 2 is 0.827 bits per heavy atom. The lowest BCUT2D eigenvalue weighted by atomic mass is 9.82. The number of carbonyl (C=O) groups excluding carboxylic acids is 8. The Balaban J connectivity index is 0.00000635. The number of ketones is 1. The number of likely N-dealkylation sites (tertiary alicyclic amines) is 1. The highest BCUT2D eigenvalue weighted by Gasteiger charge is 2.45. The van der Waals surface area contributed by atoms with Crippen molar-refractivity contribution in [3.05, 3.63) is 0 Å². The van der Waals surface area contributed by atoms with Crippen LogP contribution in [0.2, 0.25) is 0 Å². The number of aliphatic hydroxyl groups is 10. The van der Waals surface area contributed by atoms with Crippen LogP contribution in [0, 0.1) is 23.7 Å². The van der Waals surface area contributed by atoms with Gasteiger partial charge in [0.1, 0.15) is 42.4 Å². The van der Waals surface area contributed by atoms with Crippen molar-refractivity contribution in [3.63, 3.8) is 0 Å². The van der Waals surface area contributed by atoms with Crippen LogP contribution in [-0.4, -0.2) is 287 Å². The molecule has 32 nitrogen and oxygen atoms in total. The third kappa shape index (κ3) is 32.5. The minimum absolute atomic E-state index is 0. The number of nitrogens with one attached hydrogen (secondary N) is 6. The fraction of sp³-hybridized carbons (Fsp3) is 0.879. The molecule has 98 heavy (non-hydrogen) atoms. The first-order valence-electron chi connectivity index (χ1n) is 34.5. The summed E-state index contributed by atoms with van der Waals surface area (Å²) in [5, 5.41) is 117. The number of aliphatic hydroxyl groups excluding tert-OH is 10. The van der Waals surface area contributed by atoms with Gasteiger partial charge in [-0.1, -0.05) is 49.0 Å². The lowest BCUT2D eigenvalue weighted by Crippen LogP contribution is -2.55. The molecule has 4 aliphatic rings. The quantitative estimate of drug-likeness (QED) is 0.0288. The molecule has 4 heterocycles. The van der Waals surface area contributed by atoms with E-state index in [2.05, 4.69) is 52.7 Å². The Bertz CT molecular complexity index is 2130. The molecule has 6 unspecified atom stereocenters. The first-order valence-corrected chi connectivity index (χ1v) is 34.5. The number of hydrogen-bond donors (Lipinski definition) is 16. The fourth-order valence-electron chi connectivity index (χ4n) is 11.5. The Labute approximate surface area is 577 Å². The van der Waals surface area contributed by atoms with Gasteiger partial charge in [0.2, 0.25) is 41.4 Å². The smallest absolute Gasteiger partial charge is 0.223 e. The standard InChI is InChI=1S/C61H107N7O25.C4H10.CH4/c1-36-52(81)55(84)42(32-69)91-58(36)88-27-16-47(76)62-22-6-5-10-40(72)13-19-61(67-50(79)11-7-12-51(80)68-31-41(73)30-39(68)35-87-4,20-14-45(74)63-23-8-25-65-48(77)17-28-89-59-37(2)53(82)56(85)43(33-70)92-59)21-15-46(75)64-24-9-26-66-49(78)18-29-90-60-38(3)54(83)57(86)44(34-71)93-60;1-4(2)3;/h36-39,41-44,52-60,69-71,73,81-86H,5-35H2,1-4H3,(H,62,76)(H,63,74)(H,64,75)(H,65,77)(H,66,78)(H,67,79);4H,1-3H3;1H4/t36?,37?,38?,39-,41+,42?,43?,44?,52+,53+,54+,55-,56-,57-,58+,59+,60+,61?;;/m0../s1. The number of amides is 7. The summed E-state index contributed by atoms with van der Waals surface area (Å²) in [7, 11) is 1.49. The minimum Gasteiger partial charge on any atom is -0.394 e. The summed E-state index contributed by atoms with van der Waals surface area (Å²) >= 11 is 0. The Morgan fingerprint density at radius 3 is 1.19 bits per heavy atom. The number of unbranched alkanes of at least 4 members (excludes halogenated alkanes) is 1. The number of rotatable bonds is 44. The second kappa shape index (κ2) is 48.2. The normalized spacial score (nSPS) is 28.3. The van der Waals surface area contributed by atoms with Crippen LogP contribution < -0.4 is 31.9 Å². The zero-order chi connectivity index (χ0) is 72.2. The van der Waals surface area contributed by atoms with Crippen LogP contribution >= 0.6 is 0 Å². The number of methoxy groups -OCH3 is 1.